The first kappa shape index (κ1) is 22.7. The SMILES string of the molecule is CC(C)=CCC[C@@H](C)[C@H]1CC[C@@]2(C)C3=CC[C@H]4C(C)(C)CCC[C@]4(C)[C@H]3CC[C@]12C. The van der Waals surface area contributed by atoms with Gasteiger partial charge in [-0.15, -0.1) is 0 Å². The normalized spacial score (nSPS) is 45.6. The first-order chi connectivity index (χ1) is 14.0. The van der Waals surface area contributed by atoms with Gasteiger partial charge in [0, 0.05) is 0 Å². The van der Waals surface area contributed by atoms with E-state index in [0.717, 1.165) is 23.7 Å². The molecule has 170 valence electrons. The standard InChI is InChI=1S/C30H50/c1-21(2)11-9-12-22(3)23-15-19-30(8)25-13-14-26-27(4,5)17-10-18-28(26,6)24(25)16-20-29(23,30)7/h11,13,22-24,26H,9-10,12,14-20H2,1-8H3/t22-,23-,24+,26+,28-,29-,30+/m1/s1. The second-order valence-corrected chi connectivity index (χ2v) is 13.6. The Morgan fingerprint density at radius 2 is 1.77 bits per heavy atom. The van der Waals surface area contributed by atoms with Crippen molar-refractivity contribution in [2.24, 2.45) is 45.3 Å². The van der Waals surface area contributed by atoms with Crippen LogP contribution in [-0.4, -0.2) is 0 Å². The third kappa shape index (κ3) is 3.21. The van der Waals surface area contributed by atoms with Gasteiger partial charge >= 0.3 is 0 Å². The lowest BCUT2D eigenvalue weighted by Crippen LogP contribution is -2.55. The second kappa shape index (κ2) is 7.52. The minimum Gasteiger partial charge on any atom is -0.0859 e. The molecule has 0 bridgehead atoms. The van der Waals surface area contributed by atoms with Crippen LogP contribution in [0.15, 0.2) is 23.3 Å². The first-order valence-electron chi connectivity index (χ1n) is 13.3. The van der Waals surface area contributed by atoms with Crippen molar-refractivity contribution in [1.29, 1.82) is 0 Å². The summed E-state index contributed by atoms with van der Waals surface area (Å²) in [6.45, 7) is 20.3. The maximum atomic E-state index is 2.80. The van der Waals surface area contributed by atoms with E-state index in [1.807, 2.05) is 5.57 Å². The van der Waals surface area contributed by atoms with E-state index in [2.05, 4.69) is 67.5 Å². The zero-order valence-electron chi connectivity index (χ0n) is 21.5. The molecule has 0 heteroatoms. The predicted octanol–water partition coefficient (Wildman–Crippen LogP) is 9.36. The Morgan fingerprint density at radius 3 is 2.47 bits per heavy atom. The average Bonchev–Trinajstić information content (AvgIpc) is 2.92. The van der Waals surface area contributed by atoms with Crippen molar-refractivity contribution in [3.8, 4) is 0 Å². The van der Waals surface area contributed by atoms with Gasteiger partial charge in [-0.2, -0.15) is 0 Å². The molecule has 3 saturated carbocycles. The van der Waals surface area contributed by atoms with Crippen molar-refractivity contribution in [1.82, 2.24) is 0 Å². The van der Waals surface area contributed by atoms with Crippen molar-refractivity contribution < 1.29 is 0 Å². The van der Waals surface area contributed by atoms with Crippen molar-refractivity contribution >= 4 is 0 Å². The number of hydrogen-bond donors (Lipinski definition) is 0. The molecule has 0 spiro atoms. The summed E-state index contributed by atoms with van der Waals surface area (Å²) in [6, 6.07) is 0. The lowest BCUT2D eigenvalue weighted by atomic mass is 9.41. The van der Waals surface area contributed by atoms with E-state index in [-0.39, 0.29) is 0 Å². The highest BCUT2D eigenvalue weighted by Crippen LogP contribution is 2.73. The molecule has 4 rings (SSSR count). The van der Waals surface area contributed by atoms with Crippen LogP contribution in [0.1, 0.15) is 120 Å². The van der Waals surface area contributed by atoms with E-state index in [4.69, 9.17) is 0 Å². The monoisotopic (exact) mass is 410 g/mol. The molecule has 0 radical (unpaired) electrons. The van der Waals surface area contributed by atoms with E-state index >= 15 is 0 Å². The highest BCUT2D eigenvalue weighted by molar-refractivity contribution is 5.33. The van der Waals surface area contributed by atoms with Gasteiger partial charge in [0.25, 0.3) is 0 Å². The van der Waals surface area contributed by atoms with Crippen molar-refractivity contribution in [3.63, 3.8) is 0 Å². The maximum absolute atomic E-state index is 2.80. The maximum Gasteiger partial charge on any atom is -0.00568 e. The Labute approximate surface area is 188 Å². The van der Waals surface area contributed by atoms with Gasteiger partial charge < -0.3 is 0 Å². The topological polar surface area (TPSA) is 0 Å². The lowest BCUT2D eigenvalue weighted by Gasteiger charge is -2.63. The van der Waals surface area contributed by atoms with Crippen molar-refractivity contribution in [2.75, 3.05) is 0 Å². The summed E-state index contributed by atoms with van der Waals surface area (Å²) in [6.07, 6.45) is 19.4. The summed E-state index contributed by atoms with van der Waals surface area (Å²) in [5.74, 6) is 3.50. The summed E-state index contributed by atoms with van der Waals surface area (Å²) in [5, 5.41) is 0. The zero-order valence-corrected chi connectivity index (χ0v) is 21.5. The van der Waals surface area contributed by atoms with Crippen LogP contribution in [-0.2, 0) is 0 Å². The fourth-order valence-electron chi connectivity index (χ4n) is 9.59. The van der Waals surface area contributed by atoms with E-state index in [0.29, 0.717) is 21.7 Å². The van der Waals surface area contributed by atoms with Gasteiger partial charge in [0.1, 0.15) is 0 Å². The molecule has 0 aromatic rings. The number of rotatable bonds is 4. The summed E-state index contributed by atoms with van der Waals surface area (Å²) < 4.78 is 0. The molecular weight excluding hydrogens is 360 g/mol. The quantitative estimate of drug-likeness (QED) is 0.405. The van der Waals surface area contributed by atoms with E-state index in [1.54, 1.807) is 0 Å². The molecule has 4 aliphatic carbocycles. The van der Waals surface area contributed by atoms with Crippen LogP contribution in [0.2, 0.25) is 0 Å². The highest BCUT2D eigenvalue weighted by atomic mass is 14.7. The molecule has 3 fully saturated rings. The minimum absolute atomic E-state index is 0.445. The number of allylic oxidation sites excluding steroid dienone is 4. The summed E-state index contributed by atoms with van der Waals surface area (Å²) in [5.41, 5.74) is 5.42. The number of hydrogen-bond acceptors (Lipinski definition) is 0. The molecule has 7 atom stereocenters. The van der Waals surface area contributed by atoms with Crippen LogP contribution in [0.5, 0.6) is 0 Å². The van der Waals surface area contributed by atoms with Crippen LogP contribution in [0, 0.1) is 45.3 Å². The molecule has 0 N–H and O–H groups in total. The third-order valence-corrected chi connectivity index (χ3v) is 11.5. The molecule has 0 aromatic heterocycles. The van der Waals surface area contributed by atoms with Crippen LogP contribution >= 0.6 is 0 Å². The molecule has 0 saturated heterocycles. The van der Waals surface area contributed by atoms with Crippen LogP contribution < -0.4 is 0 Å². The van der Waals surface area contributed by atoms with Crippen LogP contribution in [0.25, 0.3) is 0 Å². The molecule has 0 nitrogen and oxygen atoms in total. The van der Waals surface area contributed by atoms with Crippen LogP contribution in [0.4, 0.5) is 0 Å². The van der Waals surface area contributed by atoms with Gasteiger partial charge in [-0.3, -0.25) is 0 Å². The van der Waals surface area contributed by atoms with Crippen molar-refractivity contribution in [3.05, 3.63) is 23.3 Å². The fourth-order valence-corrected chi connectivity index (χ4v) is 9.59. The Morgan fingerprint density at radius 1 is 1.03 bits per heavy atom. The molecule has 0 aliphatic heterocycles. The molecule has 4 aliphatic rings. The van der Waals surface area contributed by atoms with E-state index in [1.165, 1.54) is 69.8 Å². The highest BCUT2D eigenvalue weighted by Gasteiger charge is 2.64. The molecule has 30 heavy (non-hydrogen) atoms. The van der Waals surface area contributed by atoms with Crippen molar-refractivity contribution in [2.45, 2.75) is 120 Å². The summed E-state index contributed by atoms with van der Waals surface area (Å²) in [7, 11) is 0. The Hall–Kier alpha value is -0.520. The summed E-state index contributed by atoms with van der Waals surface area (Å²) >= 11 is 0. The molecule has 0 aromatic carbocycles. The first-order valence-corrected chi connectivity index (χ1v) is 13.3. The van der Waals surface area contributed by atoms with E-state index in [9.17, 15) is 0 Å². The Kier molecular flexibility index (Phi) is 5.68. The second-order valence-electron chi connectivity index (χ2n) is 13.6. The molecule has 0 amide bonds. The molecule has 0 unspecified atom stereocenters. The van der Waals surface area contributed by atoms with Crippen LogP contribution in [0.3, 0.4) is 0 Å². The van der Waals surface area contributed by atoms with Gasteiger partial charge in [0.2, 0.25) is 0 Å². The predicted molar refractivity (Wildman–Crippen MR) is 131 cm³/mol. The zero-order chi connectivity index (χ0) is 21.9. The Balaban J connectivity index is 1.62. The third-order valence-electron chi connectivity index (χ3n) is 11.5. The number of fused-ring (bicyclic) bond motifs is 5. The minimum atomic E-state index is 0.445. The van der Waals surface area contributed by atoms with E-state index < -0.39 is 0 Å². The van der Waals surface area contributed by atoms with Gasteiger partial charge in [0.15, 0.2) is 0 Å². The fraction of sp³-hybridized carbons (Fsp3) is 0.867. The van der Waals surface area contributed by atoms with Gasteiger partial charge in [0.05, 0.1) is 0 Å². The molecular formula is C30H50. The largest absolute Gasteiger partial charge is 0.0859 e. The van der Waals surface area contributed by atoms with Gasteiger partial charge in [-0.1, -0.05) is 71.3 Å². The lowest BCUT2D eigenvalue weighted by molar-refractivity contribution is -0.0798. The molecule has 0 heterocycles. The average molecular weight is 411 g/mol. The van der Waals surface area contributed by atoms with Gasteiger partial charge in [-0.05, 0) is 117 Å². The van der Waals surface area contributed by atoms with Gasteiger partial charge in [-0.25, -0.2) is 0 Å². The Bertz CT molecular complexity index is 718. The smallest absolute Gasteiger partial charge is 0.00568 e. The summed E-state index contributed by atoms with van der Waals surface area (Å²) in [4.78, 5) is 0.